The van der Waals surface area contributed by atoms with Crippen molar-refractivity contribution in [2.75, 3.05) is 13.1 Å². The molecule has 3 heterocycles. The number of piperidine rings is 1. The van der Waals surface area contributed by atoms with E-state index in [4.69, 9.17) is 17.3 Å². The highest BCUT2D eigenvalue weighted by Gasteiger charge is 2.28. The van der Waals surface area contributed by atoms with E-state index in [2.05, 4.69) is 9.94 Å². The minimum atomic E-state index is -0.627. The molecule has 178 valence electrons. The first-order valence-corrected chi connectivity index (χ1v) is 11.5. The molecule has 0 spiro atoms. The van der Waals surface area contributed by atoms with Gasteiger partial charge in [-0.2, -0.15) is 5.10 Å². The fraction of sp³-hybridized carbons (Fsp3) is 0.308. The van der Waals surface area contributed by atoms with E-state index >= 15 is 0 Å². The number of nitrogens with two attached hydrogens (primary N) is 1. The second-order valence-corrected chi connectivity index (χ2v) is 9.05. The van der Waals surface area contributed by atoms with Gasteiger partial charge in [-0.25, -0.2) is 14.2 Å². The van der Waals surface area contributed by atoms with Crippen molar-refractivity contribution in [3.05, 3.63) is 70.7 Å². The number of aromatic nitrogens is 4. The predicted octanol–water partition coefficient (Wildman–Crippen LogP) is 4.30. The maximum Gasteiger partial charge on any atom is 0.274 e. The number of nitrogens with zero attached hydrogens (tertiary/aromatic N) is 6. The van der Waals surface area contributed by atoms with E-state index in [0.717, 1.165) is 35.1 Å². The summed E-state index contributed by atoms with van der Waals surface area (Å²) in [5.41, 5.74) is 10.2. The van der Waals surface area contributed by atoms with Crippen molar-refractivity contribution in [2.45, 2.75) is 32.7 Å². The Kier molecular flexibility index (Phi) is 5.61. The number of aryl methyl sites for hydroxylation is 2. The van der Waals surface area contributed by atoms with Crippen LogP contribution in [0.3, 0.4) is 0 Å². The summed E-state index contributed by atoms with van der Waals surface area (Å²) >= 11 is 0. The van der Waals surface area contributed by atoms with Crippen LogP contribution in [0.25, 0.3) is 32.8 Å². The third-order valence-corrected chi connectivity index (χ3v) is 6.75. The highest BCUT2D eigenvalue weighted by atomic mass is 19.1. The Bertz CT molecular complexity index is 1510. The van der Waals surface area contributed by atoms with Crippen molar-refractivity contribution in [1.82, 2.24) is 24.2 Å². The van der Waals surface area contributed by atoms with Crippen LogP contribution in [0, 0.1) is 26.2 Å². The zero-order valence-electron chi connectivity index (χ0n) is 19.9. The minimum absolute atomic E-state index is 0.0548. The number of likely N-dealkylation sites (tertiary alicyclic amines) is 1. The normalized spacial score (nSPS) is 16.0. The molecule has 1 saturated heterocycles. The van der Waals surface area contributed by atoms with Crippen LogP contribution in [0.5, 0.6) is 0 Å². The summed E-state index contributed by atoms with van der Waals surface area (Å²) in [6.07, 6.45) is 1.74. The summed E-state index contributed by atoms with van der Waals surface area (Å²) in [7, 11) is 1.89. The average molecular weight is 472 g/mol. The molecule has 8 nitrogen and oxygen atoms in total. The number of amides is 1. The number of imidazole rings is 1. The largest absolute Gasteiger partial charge is 0.336 e. The highest BCUT2D eigenvalue weighted by molar-refractivity contribution is 5.95. The molecule has 0 aliphatic carbocycles. The number of hydrogen-bond donors (Lipinski definition) is 1. The number of halogens is 1. The van der Waals surface area contributed by atoms with Crippen LogP contribution in [0.4, 0.5) is 10.1 Å². The molecule has 0 saturated carbocycles. The SMILES string of the molecule is [C-]#[N+]c1ccc(-c2nc(C(=O)N3CCC[C@@H](N)C3)c(C)n2-c2ccc3nn(C)c(C)c3c2)cc1F. The first-order chi connectivity index (χ1) is 16.8. The zero-order chi connectivity index (χ0) is 24.9. The van der Waals surface area contributed by atoms with Crippen molar-refractivity contribution < 1.29 is 9.18 Å². The molecule has 2 N–H and O–H groups in total. The smallest absolute Gasteiger partial charge is 0.274 e. The van der Waals surface area contributed by atoms with Gasteiger partial charge >= 0.3 is 0 Å². The maximum atomic E-state index is 14.6. The predicted molar refractivity (Wildman–Crippen MR) is 132 cm³/mol. The molecule has 0 unspecified atom stereocenters. The lowest BCUT2D eigenvalue weighted by Crippen LogP contribution is -2.46. The fourth-order valence-corrected chi connectivity index (χ4v) is 4.75. The standard InChI is InChI=1S/C26H26FN7O/c1-15-20-13-19(8-10-22(20)31-32(15)4)34-16(2)24(26(35)33-11-5-6-18(28)14-33)30-25(34)17-7-9-23(29-3)21(27)12-17/h7-10,12-13,18H,5-6,11,14,28H2,1-2,4H3/t18-/m1/s1. The highest BCUT2D eigenvalue weighted by Crippen LogP contribution is 2.32. The van der Waals surface area contributed by atoms with Gasteiger partial charge < -0.3 is 10.6 Å². The number of rotatable bonds is 3. The molecule has 9 heteroatoms. The third-order valence-electron chi connectivity index (χ3n) is 6.75. The van der Waals surface area contributed by atoms with Gasteiger partial charge in [0.05, 0.1) is 17.8 Å². The average Bonchev–Trinajstić information content (AvgIpc) is 3.34. The van der Waals surface area contributed by atoms with Gasteiger partial charge in [0.15, 0.2) is 0 Å². The first kappa shape index (κ1) is 22.7. The molecule has 1 aliphatic rings. The van der Waals surface area contributed by atoms with Gasteiger partial charge in [0.2, 0.25) is 5.69 Å². The lowest BCUT2D eigenvalue weighted by atomic mass is 10.1. The molecule has 2 aromatic heterocycles. The lowest BCUT2D eigenvalue weighted by molar-refractivity contribution is 0.0702. The number of fused-ring (bicyclic) bond motifs is 1. The Morgan fingerprint density at radius 1 is 1.20 bits per heavy atom. The summed E-state index contributed by atoms with van der Waals surface area (Å²) < 4.78 is 18.3. The quantitative estimate of drug-likeness (QED) is 0.452. The van der Waals surface area contributed by atoms with Crippen molar-refractivity contribution in [3.8, 4) is 17.1 Å². The van der Waals surface area contributed by atoms with Gasteiger partial charge in [0.1, 0.15) is 17.3 Å². The summed E-state index contributed by atoms with van der Waals surface area (Å²) in [4.78, 5) is 23.2. The van der Waals surface area contributed by atoms with E-state index in [-0.39, 0.29) is 17.6 Å². The first-order valence-electron chi connectivity index (χ1n) is 11.5. The van der Waals surface area contributed by atoms with Crippen LogP contribution in [-0.2, 0) is 7.05 Å². The van der Waals surface area contributed by atoms with Crippen LogP contribution in [0.1, 0.15) is 34.7 Å². The van der Waals surface area contributed by atoms with Crippen molar-refractivity contribution in [1.29, 1.82) is 0 Å². The maximum absolute atomic E-state index is 14.6. The van der Waals surface area contributed by atoms with E-state index in [1.165, 1.54) is 12.1 Å². The summed E-state index contributed by atoms with van der Waals surface area (Å²) in [6.45, 7) is 12.1. The van der Waals surface area contributed by atoms with E-state index in [1.807, 2.05) is 48.3 Å². The van der Waals surface area contributed by atoms with Crippen LogP contribution in [-0.4, -0.2) is 49.3 Å². The Labute approximate surface area is 202 Å². The van der Waals surface area contributed by atoms with Gasteiger partial charge in [-0.3, -0.25) is 14.0 Å². The van der Waals surface area contributed by atoms with E-state index < -0.39 is 5.82 Å². The minimum Gasteiger partial charge on any atom is -0.336 e. The number of benzene rings is 2. The van der Waals surface area contributed by atoms with Gasteiger partial charge in [-0.05, 0) is 51.0 Å². The van der Waals surface area contributed by atoms with Crippen molar-refractivity contribution in [2.24, 2.45) is 12.8 Å². The summed E-state index contributed by atoms with van der Waals surface area (Å²) in [5, 5.41) is 5.50. The monoisotopic (exact) mass is 471 g/mol. The molecule has 35 heavy (non-hydrogen) atoms. The Hall–Kier alpha value is -4.03. The Morgan fingerprint density at radius 2 is 2.00 bits per heavy atom. The van der Waals surface area contributed by atoms with E-state index in [9.17, 15) is 9.18 Å². The number of hydrogen-bond acceptors (Lipinski definition) is 4. The molecule has 1 aliphatic heterocycles. The lowest BCUT2D eigenvalue weighted by Gasteiger charge is -2.30. The van der Waals surface area contributed by atoms with Crippen molar-refractivity contribution >= 4 is 22.5 Å². The zero-order valence-corrected chi connectivity index (χ0v) is 19.9. The van der Waals surface area contributed by atoms with Gasteiger partial charge in [0.25, 0.3) is 5.91 Å². The van der Waals surface area contributed by atoms with E-state index in [0.29, 0.717) is 35.9 Å². The molecular weight excluding hydrogens is 445 g/mol. The summed E-state index contributed by atoms with van der Waals surface area (Å²) in [6, 6.07) is 10.2. The second-order valence-electron chi connectivity index (χ2n) is 9.05. The molecule has 0 radical (unpaired) electrons. The molecule has 1 fully saturated rings. The van der Waals surface area contributed by atoms with Crippen LogP contribution in [0.2, 0.25) is 0 Å². The Balaban J connectivity index is 1.70. The van der Waals surface area contributed by atoms with Crippen LogP contribution in [0.15, 0.2) is 36.4 Å². The van der Waals surface area contributed by atoms with Gasteiger partial charge in [-0.1, -0.05) is 12.1 Å². The second kappa shape index (κ2) is 8.64. The fourth-order valence-electron chi connectivity index (χ4n) is 4.75. The van der Waals surface area contributed by atoms with Crippen molar-refractivity contribution in [3.63, 3.8) is 0 Å². The number of carbonyl (C=O) groups is 1. The van der Waals surface area contributed by atoms with Gasteiger partial charge in [-0.15, -0.1) is 0 Å². The van der Waals surface area contributed by atoms with Crippen LogP contribution >= 0.6 is 0 Å². The third kappa shape index (κ3) is 3.86. The Morgan fingerprint density at radius 3 is 2.71 bits per heavy atom. The summed E-state index contributed by atoms with van der Waals surface area (Å²) in [5.74, 6) is -0.379. The van der Waals surface area contributed by atoms with Gasteiger partial charge in [0, 0.05) is 48.5 Å². The topological polar surface area (TPSA) is 86.3 Å². The molecule has 5 rings (SSSR count). The molecule has 2 aromatic carbocycles. The molecule has 1 atom stereocenters. The van der Waals surface area contributed by atoms with Crippen LogP contribution < -0.4 is 5.73 Å². The molecule has 1 amide bonds. The number of carbonyl (C=O) groups excluding carboxylic acids is 1. The molecule has 4 aromatic rings. The molecular formula is C26H26FN7O. The molecule has 0 bridgehead atoms. The van der Waals surface area contributed by atoms with E-state index in [1.54, 1.807) is 11.0 Å².